The third kappa shape index (κ3) is 6.02. The molecule has 6 aromatic rings. The summed E-state index contributed by atoms with van der Waals surface area (Å²) in [6.45, 7) is 2.07. The third-order valence-corrected chi connectivity index (χ3v) is 8.63. The number of para-hydroxylation sites is 1. The fraction of sp³-hybridized carbons (Fsp3) is 0.235. The lowest BCUT2D eigenvalue weighted by atomic mass is 10.1. The van der Waals surface area contributed by atoms with Crippen LogP contribution in [-0.2, 0) is 12.4 Å². The SMILES string of the molecule is Cc1cc(N(C)c2nc(=O)n(-c3ccccc3)c3nc(C(F)(F)F)ccc23)ccc1-n1c(=O)nc(N2CC[C@@H](O)C2)c2ccc(C(F)(F)F)nc21. The number of β-amino-alcohol motifs (C(OH)–C–C–N with tert-alkyl or cyclic N) is 1. The minimum absolute atomic E-state index is 0.0199. The molecule has 0 aliphatic carbocycles. The summed E-state index contributed by atoms with van der Waals surface area (Å²) in [5, 5.41) is 10.3. The summed E-state index contributed by atoms with van der Waals surface area (Å²) in [7, 11) is 1.53. The molecule has 1 fully saturated rings. The van der Waals surface area contributed by atoms with Gasteiger partial charge in [0.2, 0.25) is 0 Å². The molecule has 1 N–H and O–H groups in total. The van der Waals surface area contributed by atoms with Gasteiger partial charge in [-0.05, 0) is 73.5 Å². The monoisotopic (exact) mass is 708 g/mol. The lowest BCUT2D eigenvalue weighted by Gasteiger charge is -2.23. The summed E-state index contributed by atoms with van der Waals surface area (Å²) in [6, 6.07) is 16.4. The van der Waals surface area contributed by atoms with Crippen LogP contribution >= 0.6 is 0 Å². The summed E-state index contributed by atoms with van der Waals surface area (Å²) in [5.41, 5.74) is -3.64. The molecule has 11 nitrogen and oxygen atoms in total. The van der Waals surface area contributed by atoms with Crippen molar-refractivity contribution >= 4 is 39.4 Å². The van der Waals surface area contributed by atoms with Crippen LogP contribution < -0.4 is 21.2 Å². The molecule has 17 heteroatoms. The van der Waals surface area contributed by atoms with Gasteiger partial charge in [-0.25, -0.2) is 28.7 Å². The third-order valence-electron chi connectivity index (χ3n) is 8.63. The van der Waals surface area contributed by atoms with Crippen LogP contribution in [0.3, 0.4) is 0 Å². The number of alkyl halides is 6. The molecule has 5 heterocycles. The van der Waals surface area contributed by atoms with Crippen molar-refractivity contribution in [2.75, 3.05) is 29.9 Å². The standard InChI is InChI=1S/C34H26F6N8O3/c1-18-16-20(45(2)27-22-9-12-25(33(35,36)37)41-29(22)47(31(50)43-27)19-6-4-3-5-7-19)8-11-24(18)48-30-23(10-13-26(42-30)34(38,39)40)28(44-32(48)51)46-15-14-21(49)17-46/h3-13,16,21,49H,14-15,17H2,1-2H3/t21-/m1/s1. The molecule has 1 saturated heterocycles. The normalized spacial score (nSPS) is 15.2. The number of hydrogen-bond acceptors (Lipinski definition) is 9. The van der Waals surface area contributed by atoms with E-state index in [1.54, 1.807) is 36.1 Å². The van der Waals surface area contributed by atoms with Crippen LogP contribution in [0, 0.1) is 6.92 Å². The highest BCUT2D eigenvalue weighted by Crippen LogP contribution is 2.36. The summed E-state index contributed by atoms with van der Waals surface area (Å²) in [5.74, 6) is 0.0805. The predicted octanol–water partition coefficient (Wildman–Crippen LogP) is 5.56. The Morgan fingerprint density at radius 3 is 1.96 bits per heavy atom. The number of aryl methyl sites for hydroxylation is 1. The van der Waals surface area contributed by atoms with Crippen LogP contribution in [0.15, 0.2) is 82.4 Å². The summed E-state index contributed by atoms with van der Waals surface area (Å²) in [4.78, 5) is 46.1. The predicted molar refractivity (Wildman–Crippen MR) is 176 cm³/mol. The molecule has 0 radical (unpaired) electrons. The van der Waals surface area contributed by atoms with Crippen LogP contribution in [-0.4, -0.2) is 60.4 Å². The van der Waals surface area contributed by atoms with E-state index in [0.29, 0.717) is 24.2 Å². The van der Waals surface area contributed by atoms with Crippen molar-refractivity contribution in [3.8, 4) is 11.4 Å². The van der Waals surface area contributed by atoms with Crippen molar-refractivity contribution in [2.24, 2.45) is 0 Å². The molecule has 1 aliphatic rings. The lowest BCUT2D eigenvalue weighted by molar-refractivity contribution is -0.141. The number of benzene rings is 2. The van der Waals surface area contributed by atoms with Gasteiger partial charge in [0.05, 0.1) is 28.3 Å². The number of aliphatic hydroxyl groups is 1. The first-order valence-electron chi connectivity index (χ1n) is 15.5. The highest BCUT2D eigenvalue weighted by Gasteiger charge is 2.35. The largest absolute Gasteiger partial charge is 0.433 e. The van der Waals surface area contributed by atoms with E-state index in [1.807, 2.05) is 0 Å². The smallest absolute Gasteiger partial charge is 0.391 e. The summed E-state index contributed by atoms with van der Waals surface area (Å²) >= 11 is 0. The number of nitrogens with zero attached hydrogens (tertiary/aromatic N) is 8. The fourth-order valence-electron chi connectivity index (χ4n) is 6.16. The van der Waals surface area contributed by atoms with E-state index in [4.69, 9.17) is 0 Å². The summed E-state index contributed by atoms with van der Waals surface area (Å²) < 4.78 is 84.6. The van der Waals surface area contributed by atoms with Crippen LogP contribution in [0.2, 0.25) is 0 Å². The Balaban J connectivity index is 1.37. The van der Waals surface area contributed by atoms with E-state index in [2.05, 4.69) is 19.9 Å². The number of anilines is 3. The Morgan fingerprint density at radius 2 is 1.37 bits per heavy atom. The van der Waals surface area contributed by atoms with Crippen LogP contribution in [0.1, 0.15) is 23.4 Å². The molecule has 7 rings (SSSR count). The molecule has 51 heavy (non-hydrogen) atoms. The molecule has 2 aromatic carbocycles. The van der Waals surface area contributed by atoms with Crippen molar-refractivity contribution in [1.82, 2.24) is 29.1 Å². The van der Waals surface area contributed by atoms with Crippen molar-refractivity contribution in [1.29, 1.82) is 0 Å². The van der Waals surface area contributed by atoms with Crippen molar-refractivity contribution in [3.05, 3.63) is 111 Å². The fourth-order valence-corrected chi connectivity index (χ4v) is 6.16. The Labute approximate surface area is 283 Å². The number of aliphatic hydroxyl groups excluding tert-OH is 1. The molecule has 0 spiro atoms. The van der Waals surface area contributed by atoms with Gasteiger partial charge in [0.1, 0.15) is 23.0 Å². The molecule has 0 bridgehead atoms. The van der Waals surface area contributed by atoms with E-state index in [-0.39, 0.29) is 51.6 Å². The first kappa shape index (κ1) is 33.6. The molecule has 1 atom stereocenters. The molecule has 0 amide bonds. The second kappa shape index (κ2) is 12.2. The Hall–Kier alpha value is -5.84. The van der Waals surface area contributed by atoms with E-state index in [1.165, 1.54) is 48.3 Å². The Morgan fingerprint density at radius 1 is 0.765 bits per heavy atom. The first-order chi connectivity index (χ1) is 24.1. The molecule has 4 aromatic heterocycles. The molecular weight excluding hydrogens is 682 g/mol. The second-order valence-electron chi connectivity index (χ2n) is 12.0. The maximum absolute atomic E-state index is 13.8. The van der Waals surface area contributed by atoms with Crippen LogP contribution in [0.4, 0.5) is 43.7 Å². The zero-order valence-corrected chi connectivity index (χ0v) is 26.7. The Kier molecular flexibility index (Phi) is 8.04. The first-order valence-corrected chi connectivity index (χ1v) is 15.5. The minimum atomic E-state index is -4.82. The lowest BCUT2D eigenvalue weighted by Crippen LogP contribution is -2.30. The van der Waals surface area contributed by atoms with Gasteiger partial charge in [-0.15, -0.1) is 0 Å². The van der Waals surface area contributed by atoms with Gasteiger partial charge in [0.25, 0.3) is 0 Å². The van der Waals surface area contributed by atoms with Gasteiger partial charge >= 0.3 is 23.7 Å². The average Bonchev–Trinajstić information content (AvgIpc) is 3.52. The van der Waals surface area contributed by atoms with E-state index in [9.17, 15) is 41.0 Å². The van der Waals surface area contributed by atoms with Gasteiger partial charge < -0.3 is 14.9 Å². The maximum Gasteiger partial charge on any atom is 0.433 e. The van der Waals surface area contributed by atoms with E-state index in [0.717, 1.165) is 21.3 Å². The van der Waals surface area contributed by atoms with Gasteiger partial charge in [-0.3, -0.25) is 0 Å². The molecule has 262 valence electrons. The number of rotatable bonds is 5. The highest BCUT2D eigenvalue weighted by atomic mass is 19.4. The number of aromatic nitrogens is 6. The van der Waals surface area contributed by atoms with Gasteiger partial charge in [0.15, 0.2) is 11.3 Å². The second-order valence-corrected chi connectivity index (χ2v) is 12.0. The van der Waals surface area contributed by atoms with Crippen molar-refractivity contribution in [3.63, 3.8) is 0 Å². The van der Waals surface area contributed by atoms with Crippen molar-refractivity contribution < 1.29 is 31.4 Å². The maximum atomic E-state index is 13.8. The number of pyridine rings is 2. The van der Waals surface area contributed by atoms with Gasteiger partial charge in [0, 0.05) is 25.8 Å². The molecule has 1 aliphatic heterocycles. The molecular formula is C34H26F6N8O3. The zero-order valence-electron chi connectivity index (χ0n) is 26.7. The number of fused-ring (bicyclic) bond motifs is 2. The topological polar surface area (TPSA) is 122 Å². The summed E-state index contributed by atoms with van der Waals surface area (Å²) in [6.07, 6.45) is -9.92. The van der Waals surface area contributed by atoms with Gasteiger partial charge in [-0.2, -0.15) is 36.3 Å². The quantitative estimate of drug-likeness (QED) is 0.230. The molecule has 0 unspecified atom stereocenters. The van der Waals surface area contributed by atoms with Gasteiger partial charge in [-0.1, -0.05) is 18.2 Å². The number of hydrogen-bond donors (Lipinski definition) is 1. The number of halogens is 6. The highest BCUT2D eigenvalue weighted by molar-refractivity contribution is 5.91. The van der Waals surface area contributed by atoms with Crippen LogP contribution in [0.25, 0.3) is 33.4 Å². The molecule has 0 saturated carbocycles. The van der Waals surface area contributed by atoms with E-state index >= 15 is 0 Å². The zero-order chi connectivity index (χ0) is 36.4. The minimum Gasteiger partial charge on any atom is -0.391 e. The Bertz CT molecular complexity index is 2450. The van der Waals surface area contributed by atoms with E-state index < -0.39 is 41.2 Å². The average molecular weight is 709 g/mol. The van der Waals surface area contributed by atoms with Crippen molar-refractivity contribution in [2.45, 2.75) is 31.8 Å². The van der Waals surface area contributed by atoms with Crippen LogP contribution in [0.5, 0.6) is 0 Å².